The molecule has 0 saturated carbocycles. The first kappa shape index (κ1) is 10.7. The molecule has 0 bridgehead atoms. The first-order chi connectivity index (χ1) is 7.79. The van der Waals surface area contributed by atoms with Gasteiger partial charge in [-0.1, -0.05) is 0 Å². The third-order valence-corrected chi connectivity index (χ3v) is 2.41. The van der Waals surface area contributed by atoms with Gasteiger partial charge < -0.3 is 16.4 Å². The molecule has 2 rings (SSSR count). The van der Waals surface area contributed by atoms with Crippen molar-refractivity contribution in [2.45, 2.75) is 0 Å². The van der Waals surface area contributed by atoms with Crippen LogP contribution in [0.5, 0.6) is 0 Å². The number of nitrogens with two attached hydrogens (primary N) is 1. The first-order valence-electron chi connectivity index (χ1n) is 5.34. The molecule has 2 aromatic rings. The SMILES string of the molecule is CNCCNc1ccc2nc(N)ccc2c1. The summed E-state index contributed by atoms with van der Waals surface area (Å²) in [6.45, 7) is 1.85. The maximum atomic E-state index is 5.63. The normalized spacial score (nSPS) is 10.6. The predicted molar refractivity (Wildman–Crippen MR) is 68.6 cm³/mol. The second kappa shape index (κ2) is 4.81. The molecule has 16 heavy (non-hydrogen) atoms. The van der Waals surface area contributed by atoms with Crippen molar-refractivity contribution in [1.29, 1.82) is 0 Å². The Morgan fingerprint density at radius 1 is 1.19 bits per heavy atom. The monoisotopic (exact) mass is 216 g/mol. The van der Waals surface area contributed by atoms with E-state index in [-0.39, 0.29) is 0 Å². The highest BCUT2D eigenvalue weighted by molar-refractivity contribution is 5.83. The molecule has 0 unspecified atom stereocenters. The zero-order valence-corrected chi connectivity index (χ0v) is 9.33. The average molecular weight is 216 g/mol. The Labute approximate surface area is 94.9 Å². The van der Waals surface area contributed by atoms with Gasteiger partial charge in [-0.05, 0) is 37.4 Å². The van der Waals surface area contributed by atoms with E-state index in [4.69, 9.17) is 5.73 Å². The van der Waals surface area contributed by atoms with E-state index in [1.54, 1.807) is 0 Å². The largest absolute Gasteiger partial charge is 0.384 e. The van der Waals surface area contributed by atoms with Crippen molar-refractivity contribution in [2.75, 3.05) is 31.2 Å². The Balaban J connectivity index is 2.20. The van der Waals surface area contributed by atoms with E-state index >= 15 is 0 Å². The van der Waals surface area contributed by atoms with E-state index in [1.165, 1.54) is 0 Å². The Morgan fingerprint density at radius 2 is 2.06 bits per heavy atom. The van der Waals surface area contributed by atoms with Crippen molar-refractivity contribution in [3.8, 4) is 0 Å². The van der Waals surface area contributed by atoms with Gasteiger partial charge in [0, 0.05) is 24.2 Å². The molecule has 0 fully saturated rings. The third kappa shape index (κ3) is 2.41. The molecular formula is C12H16N4. The van der Waals surface area contributed by atoms with E-state index in [0.717, 1.165) is 29.7 Å². The number of hydrogen-bond acceptors (Lipinski definition) is 4. The van der Waals surface area contributed by atoms with Crippen molar-refractivity contribution in [2.24, 2.45) is 0 Å². The number of nitrogen functional groups attached to an aromatic ring is 1. The summed E-state index contributed by atoms with van der Waals surface area (Å²) >= 11 is 0. The summed E-state index contributed by atoms with van der Waals surface area (Å²) in [6, 6.07) is 9.88. The van der Waals surface area contributed by atoms with Crippen LogP contribution in [0, 0.1) is 0 Å². The summed E-state index contributed by atoms with van der Waals surface area (Å²) in [5.74, 6) is 0.559. The maximum absolute atomic E-state index is 5.63. The van der Waals surface area contributed by atoms with Crippen LogP contribution in [0.4, 0.5) is 11.5 Å². The minimum absolute atomic E-state index is 0.559. The summed E-state index contributed by atoms with van der Waals surface area (Å²) in [6.07, 6.45) is 0. The summed E-state index contributed by atoms with van der Waals surface area (Å²) < 4.78 is 0. The number of anilines is 2. The van der Waals surface area contributed by atoms with Crippen molar-refractivity contribution < 1.29 is 0 Å². The molecule has 4 nitrogen and oxygen atoms in total. The molecule has 0 amide bonds. The third-order valence-electron chi connectivity index (χ3n) is 2.41. The van der Waals surface area contributed by atoms with Crippen molar-refractivity contribution in [1.82, 2.24) is 10.3 Å². The molecule has 0 spiro atoms. The van der Waals surface area contributed by atoms with E-state index in [1.807, 2.05) is 31.3 Å². The van der Waals surface area contributed by atoms with Gasteiger partial charge in [-0.2, -0.15) is 0 Å². The van der Waals surface area contributed by atoms with Crippen molar-refractivity contribution in [3.05, 3.63) is 30.3 Å². The number of benzene rings is 1. The fourth-order valence-corrected chi connectivity index (χ4v) is 1.58. The summed E-state index contributed by atoms with van der Waals surface area (Å²) in [5.41, 5.74) is 7.66. The zero-order chi connectivity index (χ0) is 11.4. The molecule has 1 aromatic heterocycles. The van der Waals surface area contributed by atoms with E-state index in [2.05, 4.69) is 21.7 Å². The highest BCUT2D eigenvalue weighted by Gasteiger charge is 1.97. The summed E-state index contributed by atoms with van der Waals surface area (Å²) in [5, 5.41) is 7.52. The lowest BCUT2D eigenvalue weighted by molar-refractivity contribution is 0.824. The highest BCUT2D eigenvalue weighted by atomic mass is 14.9. The average Bonchev–Trinajstić information content (AvgIpc) is 2.29. The van der Waals surface area contributed by atoms with Gasteiger partial charge >= 0.3 is 0 Å². The molecule has 0 aliphatic rings. The molecule has 1 heterocycles. The summed E-state index contributed by atoms with van der Waals surface area (Å²) in [7, 11) is 1.94. The Hall–Kier alpha value is -1.81. The standard InChI is InChI=1S/C12H16N4/c1-14-6-7-15-10-3-4-11-9(8-10)2-5-12(13)16-11/h2-5,8,14-15H,6-7H2,1H3,(H2,13,16). The van der Waals surface area contributed by atoms with Crippen LogP contribution in [0.2, 0.25) is 0 Å². The molecule has 0 saturated heterocycles. The molecule has 1 aromatic carbocycles. The van der Waals surface area contributed by atoms with Crippen LogP contribution in [-0.2, 0) is 0 Å². The molecule has 84 valence electrons. The molecule has 0 atom stereocenters. The van der Waals surface area contributed by atoms with E-state index in [9.17, 15) is 0 Å². The predicted octanol–water partition coefficient (Wildman–Crippen LogP) is 1.45. The Kier molecular flexibility index (Phi) is 3.22. The lowest BCUT2D eigenvalue weighted by Crippen LogP contribution is -2.17. The number of nitrogens with one attached hydrogen (secondary N) is 2. The van der Waals surface area contributed by atoms with Crippen molar-refractivity contribution in [3.63, 3.8) is 0 Å². The van der Waals surface area contributed by atoms with Gasteiger partial charge in [-0.25, -0.2) is 4.98 Å². The molecule has 4 heteroatoms. The Morgan fingerprint density at radius 3 is 2.88 bits per heavy atom. The number of aromatic nitrogens is 1. The van der Waals surface area contributed by atoms with Gasteiger partial charge in [0.25, 0.3) is 0 Å². The fraction of sp³-hybridized carbons (Fsp3) is 0.250. The number of likely N-dealkylation sites (N-methyl/N-ethyl adjacent to an activating group) is 1. The number of nitrogens with zero attached hydrogens (tertiary/aromatic N) is 1. The van der Waals surface area contributed by atoms with Crippen LogP contribution >= 0.6 is 0 Å². The van der Waals surface area contributed by atoms with Crippen molar-refractivity contribution >= 4 is 22.4 Å². The maximum Gasteiger partial charge on any atom is 0.124 e. The smallest absolute Gasteiger partial charge is 0.124 e. The van der Waals surface area contributed by atoms with Gasteiger partial charge in [0.2, 0.25) is 0 Å². The van der Waals surface area contributed by atoms with Crippen LogP contribution in [0.1, 0.15) is 0 Å². The first-order valence-corrected chi connectivity index (χ1v) is 5.34. The van der Waals surface area contributed by atoms with Gasteiger partial charge in [0.15, 0.2) is 0 Å². The number of rotatable bonds is 4. The molecular weight excluding hydrogens is 200 g/mol. The Bertz CT molecular complexity index is 481. The second-order valence-electron chi connectivity index (χ2n) is 3.67. The van der Waals surface area contributed by atoms with Gasteiger partial charge in [-0.3, -0.25) is 0 Å². The molecule has 0 aliphatic heterocycles. The minimum Gasteiger partial charge on any atom is -0.384 e. The fourth-order valence-electron chi connectivity index (χ4n) is 1.58. The van der Waals surface area contributed by atoms with Crippen LogP contribution in [-0.4, -0.2) is 25.1 Å². The summed E-state index contributed by atoms with van der Waals surface area (Å²) in [4.78, 5) is 4.25. The lowest BCUT2D eigenvalue weighted by atomic mass is 10.2. The van der Waals surface area contributed by atoms with Crippen LogP contribution in [0.3, 0.4) is 0 Å². The van der Waals surface area contributed by atoms with Gasteiger partial charge in [0.1, 0.15) is 5.82 Å². The molecule has 4 N–H and O–H groups in total. The van der Waals surface area contributed by atoms with Crippen LogP contribution < -0.4 is 16.4 Å². The van der Waals surface area contributed by atoms with E-state index in [0.29, 0.717) is 5.82 Å². The molecule has 0 radical (unpaired) electrons. The number of pyridine rings is 1. The van der Waals surface area contributed by atoms with Gasteiger partial charge in [-0.15, -0.1) is 0 Å². The molecule has 0 aliphatic carbocycles. The second-order valence-corrected chi connectivity index (χ2v) is 3.67. The van der Waals surface area contributed by atoms with Gasteiger partial charge in [0.05, 0.1) is 5.52 Å². The number of fused-ring (bicyclic) bond motifs is 1. The van der Waals surface area contributed by atoms with Crippen LogP contribution in [0.15, 0.2) is 30.3 Å². The number of hydrogen-bond donors (Lipinski definition) is 3. The lowest BCUT2D eigenvalue weighted by Gasteiger charge is -2.07. The van der Waals surface area contributed by atoms with E-state index < -0.39 is 0 Å². The minimum atomic E-state index is 0.559. The highest BCUT2D eigenvalue weighted by Crippen LogP contribution is 2.18. The topological polar surface area (TPSA) is 63.0 Å². The van der Waals surface area contributed by atoms with Crippen LogP contribution in [0.25, 0.3) is 10.9 Å². The zero-order valence-electron chi connectivity index (χ0n) is 9.33. The quantitative estimate of drug-likeness (QED) is 0.677.